The van der Waals surface area contributed by atoms with Crippen molar-refractivity contribution >= 4 is 21.6 Å². The average Bonchev–Trinajstić information content (AvgIpc) is 2.55. The fourth-order valence-electron chi connectivity index (χ4n) is 1.92. The highest BCUT2D eigenvalue weighted by Gasteiger charge is 2.07. The van der Waals surface area contributed by atoms with Crippen molar-refractivity contribution in [2.45, 2.75) is 12.5 Å². The smallest absolute Gasteiger partial charge is 0.119 e. The van der Waals surface area contributed by atoms with Gasteiger partial charge in [-0.05, 0) is 29.8 Å². The lowest BCUT2D eigenvalue weighted by Gasteiger charge is -2.15. The first kappa shape index (κ1) is 15.5. The predicted octanol–water partition coefficient (Wildman–Crippen LogP) is 4.64. The van der Waals surface area contributed by atoms with Crippen LogP contribution in [0.1, 0.15) is 18.0 Å². The molecule has 0 aromatic heterocycles. The number of nitrogens with one attached hydrogen (secondary N) is 1. The number of rotatable bonds is 5. The highest BCUT2D eigenvalue weighted by atomic mass is 79.9. The summed E-state index contributed by atoms with van der Waals surface area (Å²) in [6.07, 6.45) is 0.841. The number of anilines is 1. The van der Waals surface area contributed by atoms with Gasteiger partial charge in [0.1, 0.15) is 11.8 Å². The van der Waals surface area contributed by atoms with E-state index in [2.05, 4.69) is 45.2 Å². The van der Waals surface area contributed by atoms with Gasteiger partial charge in [-0.15, -0.1) is 0 Å². The lowest BCUT2D eigenvalue weighted by molar-refractivity contribution is 0.415. The fraction of sp³-hybridized carbons (Fsp3) is 0.222. The maximum Gasteiger partial charge on any atom is 0.119 e. The third-order valence-corrected chi connectivity index (χ3v) is 3.40. The van der Waals surface area contributed by atoms with Crippen LogP contribution in [0.15, 0.2) is 54.6 Å². The Kier molecular flexibility index (Phi) is 6.18. The zero-order valence-electron chi connectivity index (χ0n) is 12.0. The van der Waals surface area contributed by atoms with Crippen LogP contribution in [0.5, 0.6) is 5.75 Å². The second kappa shape index (κ2) is 8.39. The monoisotopic (exact) mass is 343 g/mol. The molecule has 0 saturated carbocycles. The number of ether oxygens (including phenoxy) is 1. The van der Waals surface area contributed by atoms with Gasteiger partial charge in [-0.25, -0.2) is 0 Å². The Hall–Kier alpha value is -1.92. The topological polar surface area (TPSA) is 21.3 Å². The van der Waals surface area contributed by atoms with Gasteiger partial charge in [0.15, 0.2) is 0 Å². The molecule has 0 unspecified atom stereocenters. The van der Waals surface area contributed by atoms with Crippen LogP contribution in [0.3, 0.4) is 0 Å². The zero-order valence-corrected chi connectivity index (χ0v) is 13.6. The van der Waals surface area contributed by atoms with Crippen LogP contribution in [0.25, 0.3) is 0 Å². The second-order valence-corrected chi connectivity index (χ2v) is 5.27. The summed E-state index contributed by atoms with van der Waals surface area (Å²) in [7, 11) is 1.67. The van der Waals surface area contributed by atoms with Gasteiger partial charge in [0.2, 0.25) is 0 Å². The van der Waals surface area contributed by atoms with E-state index in [4.69, 9.17) is 4.74 Å². The molecule has 0 radical (unpaired) electrons. The van der Waals surface area contributed by atoms with Crippen molar-refractivity contribution < 1.29 is 4.74 Å². The van der Waals surface area contributed by atoms with Gasteiger partial charge in [-0.2, -0.15) is 0 Å². The van der Waals surface area contributed by atoms with Gasteiger partial charge in [0.25, 0.3) is 0 Å². The number of hydrogen-bond donors (Lipinski definition) is 1. The Labute approximate surface area is 134 Å². The van der Waals surface area contributed by atoms with E-state index in [0.29, 0.717) is 0 Å². The first-order valence-corrected chi connectivity index (χ1v) is 7.95. The van der Waals surface area contributed by atoms with E-state index in [0.717, 1.165) is 28.8 Å². The van der Waals surface area contributed by atoms with Crippen LogP contribution < -0.4 is 10.1 Å². The molecular formula is C18H18BrNO. The van der Waals surface area contributed by atoms with Crippen LogP contribution in [0, 0.1) is 11.8 Å². The van der Waals surface area contributed by atoms with Gasteiger partial charge >= 0.3 is 0 Å². The van der Waals surface area contributed by atoms with Crippen LogP contribution in [-0.2, 0) is 0 Å². The number of hydrogen-bond acceptors (Lipinski definition) is 2. The zero-order chi connectivity index (χ0) is 14.9. The largest absolute Gasteiger partial charge is 0.497 e. The number of halogens is 1. The lowest BCUT2D eigenvalue weighted by Crippen LogP contribution is -2.08. The summed E-state index contributed by atoms with van der Waals surface area (Å²) in [5.74, 6) is 7.33. The van der Waals surface area contributed by atoms with Gasteiger partial charge in [0, 0.05) is 17.4 Å². The summed E-state index contributed by atoms with van der Waals surface area (Å²) < 4.78 is 5.18. The third kappa shape index (κ3) is 4.84. The molecule has 2 aromatic rings. The fourth-order valence-corrected chi connectivity index (χ4v) is 2.12. The molecule has 0 saturated heterocycles. The maximum absolute atomic E-state index is 5.18. The molecule has 0 heterocycles. The molecule has 0 aliphatic rings. The number of benzene rings is 2. The summed E-state index contributed by atoms with van der Waals surface area (Å²) in [5.41, 5.74) is 2.19. The van der Waals surface area contributed by atoms with E-state index in [1.165, 1.54) is 0 Å². The van der Waals surface area contributed by atoms with E-state index in [-0.39, 0.29) is 6.04 Å². The summed E-state index contributed by atoms with van der Waals surface area (Å²) in [4.78, 5) is 0. The molecule has 1 atom stereocenters. The molecule has 0 aliphatic carbocycles. The summed E-state index contributed by atoms with van der Waals surface area (Å²) in [5, 5.41) is 4.35. The van der Waals surface area contributed by atoms with E-state index in [1.807, 2.05) is 42.5 Å². The molecule has 2 nitrogen and oxygen atoms in total. The first-order chi connectivity index (χ1) is 10.3. The molecule has 3 heteroatoms. The van der Waals surface area contributed by atoms with Crippen LogP contribution >= 0.6 is 15.9 Å². The minimum absolute atomic E-state index is 0.0151. The number of alkyl halides is 1. The Balaban J connectivity index is 2.17. The van der Waals surface area contributed by atoms with Crippen molar-refractivity contribution in [3.05, 3.63) is 60.2 Å². The quantitative estimate of drug-likeness (QED) is 0.630. The highest BCUT2D eigenvalue weighted by Crippen LogP contribution is 2.21. The van der Waals surface area contributed by atoms with Crippen LogP contribution in [0.2, 0.25) is 0 Å². The normalized spacial score (nSPS) is 11.1. The lowest BCUT2D eigenvalue weighted by atomic mass is 10.1. The SMILES string of the molecule is COc1ccc(N[C@@H](C#CCCBr)c2ccccc2)cc1. The maximum atomic E-state index is 5.18. The van der Waals surface area contributed by atoms with Gasteiger partial charge in [0.05, 0.1) is 7.11 Å². The van der Waals surface area contributed by atoms with Gasteiger partial charge in [-0.1, -0.05) is 58.1 Å². The van der Waals surface area contributed by atoms with E-state index in [9.17, 15) is 0 Å². The molecule has 0 spiro atoms. The van der Waals surface area contributed by atoms with Crippen LogP contribution in [-0.4, -0.2) is 12.4 Å². The van der Waals surface area contributed by atoms with E-state index < -0.39 is 0 Å². The average molecular weight is 344 g/mol. The molecular weight excluding hydrogens is 326 g/mol. The first-order valence-electron chi connectivity index (χ1n) is 6.83. The molecule has 2 rings (SSSR count). The summed E-state index contributed by atoms with van der Waals surface area (Å²) in [6, 6.07) is 18.1. The van der Waals surface area contributed by atoms with E-state index in [1.54, 1.807) is 7.11 Å². The molecule has 21 heavy (non-hydrogen) atoms. The van der Waals surface area contributed by atoms with Crippen molar-refractivity contribution in [1.29, 1.82) is 0 Å². The van der Waals surface area contributed by atoms with Gasteiger partial charge in [-0.3, -0.25) is 0 Å². The molecule has 108 valence electrons. The summed E-state index contributed by atoms with van der Waals surface area (Å²) >= 11 is 3.40. The standard InChI is InChI=1S/C18H18BrNO/c1-21-17-12-10-16(11-13-17)20-18(9-5-6-14-19)15-7-3-2-4-8-15/h2-4,7-8,10-13,18,20H,6,14H2,1H3/t18-/m0/s1. The highest BCUT2D eigenvalue weighted by molar-refractivity contribution is 9.09. The van der Waals surface area contributed by atoms with Crippen molar-refractivity contribution in [3.63, 3.8) is 0 Å². The van der Waals surface area contributed by atoms with Crippen molar-refractivity contribution in [1.82, 2.24) is 0 Å². The van der Waals surface area contributed by atoms with E-state index >= 15 is 0 Å². The van der Waals surface area contributed by atoms with Crippen molar-refractivity contribution in [2.24, 2.45) is 0 Å². The van der Waals surface area contributed by atoms with Crippen LogP contribution in [0.4, 0.5) is 5.69 Å². The minimum Gasteiger partial charge on any atom is -0.497 e. The molecule has 1 N–H and O–H groups in total. The molecule has 0 aliphatic heterocycles. The Morgan fingerprint density at radius 3 is 2.43 bits per heavy atom. The molecule has 0 bridgehead atoms. The Morgan fingerprint density at radius 2 is 1.81 bits per heavy atom. The van der Waals surface area contributed by atoms with Gasteiger partial charge < -0.3 is 10.1 Å². The second-order valence-electron chi connectivity index (χ2n) is 4.48. The Morgan fingerprint density at radius 1 is 1.10 bits per heavy atom. The molecule has 0 fully saturated rings. The van der Waals surface area contributed by atoms with Crippen molar-refractivity contribution in [3.8, 4) is 17.6 Å². The Bertz CT molecular complexity index is 599. The third-order valence-electron chi connectivity index (χ3n) is 3.00. The summed E-state index contributed by atoms with van der Waals surface area (Å²) in [6.45, 7) is 0. The minimum atomic E-state index is -0.0151. The molecule has 0 amide bonds. The van der Waals surface area contributed by atoms with Crippen molar-refractivity contribution in [2.75, 3.05) is 17.8 Å². The molecule has 2 aromatic carbocycles. The number of methoxy groups -OCH3 is 1. The predicted molar refractivity (Wildman–Crippen MR) is 92.0 cm³/mol.